The van der Waals surface area contributed by atoms with E-state index in [1.165, 1.54) is 0 Å². The molecule has 1 aromatic rings. The van der Waals surface area contributed by atoms with Gasteiger partial charge in [0.15, 0.2) is 0 Å². The second-order valence-electron chi connectivity index (χ2n) is 6.86. The average molecular weight is 401 g/mol. The van der Waals surface area contributed by atoms with Crippen molar-refractivity contribution in [1.82, 2.24) is 15.1 Å². The molecule has 2 aliphatic heterocycles. The molecule has 0 bridgehead atoms. The van der Waals surface area contributed by atoms with Crippen LogP contribution < -0.4 is 14.8 Å². The van der Waals surface area contributed by atoms with Gasteiger partial charge >= 0.3 is 6.03 Å². The lowest BCUT2D eigenvalue weighted by Crippen LogP contribution is -2.47. The molecule has 1 atom stereocenters. The number of hydrogen-bond acceptors (Lipinski definition) is 5. The fourth-order valence-corrected chi connectivity index (χ4v) is 3.70. The molecule has 0 aliphatic carbocycles. The summed E-state index contributed by atoms with van der Waals surface area (Å²) in [6.07, 6.45) is 2.38. The van der Waals surface area contributed by atoms with Crippen molar-refractivity contribution in [3.8, 4) is 11.5 Å². The highest BCUT2D eigenvalue weighted by atomic mass is 16.5. The summed E-state index contributed by atoms with van der Waals surface area (Å²) in [5.41, 5.74) is 2.01. The van der Waals surface area contributed by atoms with E-state index in [0.29, 0.717) is 49.0 Å². The van der Waals surface area contributed by atoms with E-state index in [4.69, 9.17) is 14.2 Å². The normalized spacial score (nSPS) is 18.7. The topological polar surface area (TPSA) is 80.3 Å². The summed E-state index contributed by atoms with van der Waals surface area (Å²) >= 11 is 0. The minimum absolute atomic E-state index is 0.0862. The molecule has 0 radical (unpaired) electrons. The van der Waals surface area contributed by atoms with Gasteiger partial charge in [-0.05, 0) is 24.1 Å². The van der Waals surface area contributed by atoms with E-state index in [9.17, 15) is 9.59 Å². The lowest BCUT2D eigenvalue weighted by Gasteiger charge is -2.33. The van der Waals surface area contributed by atoms with E-state index in [2.05, 4.69) is 11.9 Å². The van der Waals surface area contributed by atoms with Crippen LogP contribution in [0, 0.1) is 0 Å². The maximum absolute atomic E-state index is 13.2. The number of rotatable bonds is 9. The predicted octanol–water partition coefficient (Wildman–Crippen LogP) is 2.09. The quantitative estimate of drug-likeness (QED) is 0.506. The largest absolute Gasteiger partial charge is 0.497 e. The highest BCUT2D eigenvalue weighted by Gasteiger charge is 2.43. The molecule has 0 fully saturated rings. The van der Waals surface area contributed by atoms with Crippen LogP contribution in [-0.4, -0.2) is 69.3 Å². The van der Waals surface area contributed by atoms with Gasteiger partial charge in [0.2, 0.25) is 0 Å². The molecule has 2 aliphatic rings. The maximum atomic E-state index is 13.2. The Morgan fingerprint density at radius 3 is 2.45 bits per heavy atom. The molecule has 2 heterocycles. The van der Waals surface area contributed by atoms with E-state index in [1.807, 2.05) is 12.1 Å². The Morgan fingerprint density at radius 2 is 1.86 bits per heavy atom. The zero-order valence-corrected chi connectivity index (χ0v) is 17.1. The summed E-state index contributed by atoms with van der Waals surface area (Å²) in [7, 11) is 4.76. The van der Waals surface area contributed by atoms with Crippen molar-refractivity contribution in [2.75, 3.05) is 47.6 Å². The molecule has 1 unspecified atom stereocenters. The van der Waals surface area contributed by atoms with E-state index in [0.717, 1.165) is 12.0 Å². The SMILES string of the molecule is C=CCN1C(=O)NC(c2cc(OC)cc(OC)c2)C2=C1CN(CCCOC)C2=O. The minimum atomic E-state index is -0.581. The zero-order valence-electron chi connectivity index (χ0n) is 17.1. The van der Waals surface area contributed by atoms with Crippen LogP contribution in [0.15, 0.2) is 42.1 Å². The molecule has 3 amide bonds. The van der Waals surface area contributed by atoms with Gasteiger partial charge in [0, 0.05) is 32.9 Å². The maximum Gasteiger partial charge on any atom is 0.322 e. The molecule has 3 rings (SSSR count). The van der Waals surface area contributed by atoms with Crippen LogP contribution in [0.4, 0.5) is 4.79 Å². The van der Waals surface area contributed by atoms with Gasteiger partial charge in [0.25, 0.3) is 5.91 Å². The number of carbonyl (C=O) groups excluding carboxylic acids is 2. The molecule has 156 valence electrons. The van der Waals surface area contributed by atoms with E-state index >= 15 is 0 Å². The molecule has 0 saturated heterocycles. The number of amides is 3. The van der Waals surface area contributed by atoms with Crippen LogP contribution >= 0.6 is 0 Å². The molecule has 1 aromatic carbocycles. The number of benzene rings is 1. The molecule has 8 heteroatoms. The van der Waals surface area contributed by atoms with Crippen LogP contribution in [0.5, 0.6) is 11.5 Å². The zero-order chi connectivity index (χ0) is 21.0. The van der Waals surface area contributed by atoms with E-state index in [1.54, 1.807) is 43.3 Å². The number of nitrogens with one attached hydrogen (secondary N) is 1. The average Bonchev–Trinajstić information content (AvgIpc) is 3.06. The third-order valence-corrected chi connectivity index (χ3v) is 5.09. The lowest BCUT2D eigenvalue weighted by atomic mass is 9.95. The molecule has 0 spiro atoms. The monoisotopic (exact) mass is 401 g/mol. The molecular formula is C21H27N3O5. The van der Waals surface area contributed by atoms with Gasteiger partial charge in [-0.1, -0.05) is 6.08 Å². The van der Waals surface area contributed by atoms with Gasteiger partial charge in [0.1, 0.15) is 11.5 Å². The molecule has 8 nitrogen and oxygen atoms in total. The second kappa shape index (κ2) is 9.00. The molecule has 0 saturated carbocycles. The second-order valence-corrected chi connectivity index (χ2v) is 6.86. The first kappa shape index (κ1) is 20.7. The molecular weight excluding hydrogens is 374 g/mol. The first-order chi connectivity index (χ1) is 14.0. The highest BCUT2D eigenvalue weighted by Crippen LogP contribution is 2.38. The van der Waals surface area contributed by atoms with Crippen LogP contribution in [0.1, 0.15) is 18.0 Å². The third kappa shape index (κ3) is 4.07. The number of hydrogen-bond donors (Lipinski definition) is 1. The number of nitrogens with zero attached hydrogens (tertiary/aromatic N) is 2. The van der Waals surface area contributed by atoms with Gasteiger partial charge in [-0.3, -0.25) is 9.69 Å². The number of methoxy groups -OCH3 is 3. The van der Waals surface area contributed by atoms with Gasteiger partial charge < -0.3 is 24.4 Å². The predicted molar refractivity (Wildman–Crippen MR) is 108 cm³/mol. The Morgan fingerprint density at radius 1 is 1.17 bits per heavy atom. The van der Waals surface area contributed by atoms with Crippen LogP contribution in [0.2, 0.25) is 0 Å². The van der Waals surface area contributed by atoms with Gasteiger partial charge in [0.05, 0.1) is 38.1 Å². The van der Waals surface area contributed by atoms with Crippen molar-refractivity contribution < 1.29 is 23.8 Å². The van der Waals surface area contributed by atoms with Crippen molar-refractivity contribution in [3.63, 3.8) is 0 Å². The van der Waals surface area contributed by atoms with Crippen molar-refractivity contribution >= 4 is 11.9 Å². The Hall–Kier alpha value is -3.00. The first-order valence-electron chi connectivity index (χ1n) is 9.47. The fourth-order valence-electron chi connectivity index (χ4n) is 3.70. The minimum Gasteiger partial charge on any atom is -0.497 e. The summed E-state index contributed by atoms with van der Waals surface area (Å²) in [4.78, 5) is 29.4. The Balaban J connectivity index is 2.01. The number of ether oxygens (including phenoxy) is 3. The summed E-state index contributed by atoms with van der Waals surface area (Å²) in [5.74, 6) is 1.09. The Labute approximate surface area is 170 Å². The van der Waals surface area contributed by atoms with Crippen molar-refractivity contribution in [3.05, 3.63) is 47.7 Å². The lowest BCUT2D eigenvalue weighted by molar-refractivity contribution is -0.125. The number of carbonyl (C=O) groups is 2. The van der Waals surface area contributed by atoms with Crippen molar-refractivity contribution in [2.24, 2.45) is 0 Å². The summed E-state index contributed by atoms with van der Waals surface area (Å²) < 4.78 is 15.8. The van der Waals surface area contributed by atoms with Gasteiger partial charge in [-0.2, -0.15) is 0 Å². The summed E-state index contributed by atoms with van der Waals surface area (Å²) in [6, 6.07) is 4.52. The summed E-state index contributed by atoms with van der Waals surface area (Å²) in [6.45, 7) is 5.58. The van der Waals surface area contributed by atoms with Crippen LogP contribution in [-0.2, 0) is 9.53 Å². The van der Waals surface area contributed by atoms with Crippen LogP contribution in [0.25, 0.3) is 0 Å². The smallest absolute Gasteiger partial charge is 0.322 e. The standard InChI is InChI=1S/C21H27N3O5/c1-5-7-24-17-13-23(8-6-9-27-2)20(25)18(17)19(22-21(24)26)14-10-15(28-3)12-16(11-14)29-4/h5,10-12,19H,1,6-9,13H2,2-4H3,(H,22,26). The third-order valence-electron chi connectivity index (χ3n) is 5.09. The van der Waals surface area contributed by atoms with Gasteiger partial charge in [-0.25, -0.2) is 4.79 Å². The molecule has 0 aromatic heterocycles. The first-order valence-corrected chi connectivity index (χ1v) is 9.47. The van der Waals surface area contributed by atoms with E-state index in [-0.39, 0.29) is 11.9 Å². The van der Waals surface area contributed by atoms with E-state index < -0.39 is 6.04 Å². The highest BCUT2D eigenvalue weighted by molar-refractivity contribution is 6.01. The molecule has 29 heavy (non-hydrogen) atoms. The number of urea groups is 1. The van der Waals surface area contributed by atoms with Crippen molar-refractivity contribution in [1.29, 1.82) is 0 Å². The molecule has 1 N–H and O–H groups in total. The Kier molecular flexibility index (Phi) is 6.43. The summed E-state index contributed by atoms with van der Waals surface area (Å²) in [5, 5.41) is 2.96. The Bertz CT molecular complexity index is 813. The van der Waals surface area contributed by atoms with Crippen molar-refractivity contribution in [2.45, 2.75) is 12.5 Å². The van der Waals surface area contributed by atoms with Gasteiger partial charge in [-0.15, -0.1) is 6.58 Å². The fraction of sp³-hybridized carbons (Fsp3) is 0.429. The van der Waals surface area contributed by atoms with Crippen LogP contribution in [0.3, 0.4) is 0 Å².